The lowest BCUT2D eigenvalue weighted by Crippen LogP contribution is -2.11. The fraction of sp³-hybridized carbons (Fsp3) is 0.750. The van der Waals surface area contributed by atoms with Gasteiger partial charge in [0.25, 0.3) is 0 Å². The highest BCUT2D eigenvalue weighted by Gasteiger charge is 2.17. The smallest absolute Gasteiger partial charge is 0.0671 e. The van der Waals surface area contributed by atoms with Crippen molar-refractivity contribution < 1.29 is 5.11 Å². The topological polar surface area (TPSA) is 20.2 Å². The molecule has 2 atom stereocenters. The van der Waals surface area contributed by atoms with Gasteiger partial charge in [-0.3, -0.25) is 0 Å². The molecule has 0 bridgehead atoms. The molecule has 1 rings (SSSR count). The van der Waals surface area contributed by atoms with Gasteiger partial charge < -0.3 is 5.11 Å². The molecule has 0 aromatic carbocycles. The minimum atomic E-state index is -0.177. The summed E-state index contributed by atoms with van der Waals surface area (Å²) >= 11 is 0. The summed E-state index contributed by atoms with van der Waals surface area (Å²) in [7, 11) is 0. The molecule has 0 saturated heterocycles. The molecule has 98 valence electrons. The minimum Gasteiger partial charge on any atom is -0.392 e. The lowest BCUT2D eigenvalue weighted by Gasteiger charge is -2.14. The molecule has 2 unspecified atom stereocenters. The second-order valence-corrected chi connectivity index (χ2v) is 5.24. The van der Waals surface area contributed by atoms with Crippen LogP contribution in [0.25, 0.3) is 0 Å². The van der Waals surface area contributed by atoms with Crippen molar-refractivity contribution in [2.24, 2.45) is 11.8 Å². The third-order valence-electron chi connectivity index (χ3n) is 3.64. The Bertz CT molecular complexity index is 234. The third kappa shape index (κ3) is 5.54. The minimum absolute atomic E-state index is 0.177. The molecule has 0 aromatic heterocycles. The number of hydrogen-bond donors (Lipinski definition) is 1. The Labute approximate surface area is 107 Å². The van der Waals surface area contributed by atoms with Crippen LogP contribution >= 0.6 is 0 Å². The number of aliphatic hydroxyl groups excluding tert-OH is 1. The number of hydrogen-bond acceptors (Lipinski definition) is 1. The van der Waals surface area contributed by atoms with E-state index in [0.29, 0.717) is 0 Å². The predicted octanol–water partition coefficient (Wildman–Crippen LogP) is 4.48. The molecule has 0 saturated carbocycles. The Morgan fingerprint density at radius 3 is 2.35 bits per heavy atom. The summed E-state index contributed by atoms with van der Waals surface area (Å²) in [6.07, 6.45) is 17.3. The average Bonchev–Trinajstić information content (AvgIpc) is 2.74. The van der Waals surface area contributed by atoms with Gasteiger partial charge in [-0.25, -0.2) is 0 Å². The van der Waals surface area contributed by atoms with Crippen molar-refractivity contribution in [3.8, 4) is 0 Å². The van der Waals surface area contributed by atoms with Crippen molar-refractivity contribution >= 4 is 0 Å². The quantitative estimate of drug-likeness (QED) is 0.616. The summed E-state index contributed by atoms with van der Waals surface area (Å²) < 4.78 is 0. The van der Waals surface area contributed by atoms with Gasteiger partial charge in [-0.15, -0.1) is 0 Å². The van der Waals surface area contributed by atoms with Gasteiger partial charge in [0.1, 0.15) is 0 Å². The maximum atomic E-state index is 9.74. The molecular weight excluding hydrogens is 208 g/mol. The van der Waals surface area contributed by atoms with Crippen LogP contribution in [0.15, 0.2) is 24.3 Å². The van der Waals surface area contributed by atoms with Crippen molar-refractivity contribution in [1.29, 1.82) is 0 Å². The second-order valence-electron chi connectivity index (χ2n) is 5.24. The van der Waals surface area contributed by atoms with Crippen LogP contribution in [0.5, 0.6) is 0 Å². The van der Waals surface area contributed by atoms with Crippen molar-refractivity contribution in [1.82, 2.24) is 0 Å². The molecule has 0 fully saturated rings. The molecule has 0 aromatic rings. The largest absolute Gasteiger partial charge is 0.392 e. The highest BCUT2D eigenvalue weighted by Crippen LogP contribution is 2.23. The number of allylic oxidation sites excluding steroid dienone is 1. The lowest BCUT2D eigenvalue weighted by molar-refractivity contribution is 0.161. The Balaban J connectivity index is 2.39. The van der Waals surface area contributed by atoms with Crippen LogP contribution in [0.1, 0.15) is 58.8 Å². The standard InChI is InChI=1S/C16H28O/c1-3-5-8-14(9-6-4-2)12-13-15-10-7-11-16(15)17/h7,10,12-17H,3-6,8-9,11H2,1-2H3. The zero-order valence-corrected chi connectivity index (χ0v) is 11.4. The number of unbranched alkanes of at least 4 members (excludes halogenated alkanes) is 2. The molecule has 1 aliphatic carbocycles. The summed E-state index contributed by atoms with van der Waals surface area (Å²) in [4.78, 5) is 0. The van der Waals surface area contributed by atoms with E-state index in [2.05, 4.69) is 38.2 Å². The van der Waals surface area contributed by atoms with Crippen molar-refractivity contribution in [2.75, 3.05) is 0 Å². The van der Waals surface area contributed by atoms with Gasteiger partial charge in [0.05, 0.1) is 6.10 Å². The summed E-state index contributed by atoms with van der Waals surface area (Å²) in [6, 6.07) is 0. The first-order valence-electron chi connectivity index (χ1n) is 7.31. The Hall–Kier alpha value is -0.560. The van der Waals surface area contributed by atoms with Crippen LogP contribution in [0.4, 0.5) is 0 Å². The fourth-order valence-corrected chi connectivity index (χ4v) is 2.41. The van der Waals surface area contributed by atoms with Crippen molar-refractivity contribution in [3.05, 3.63) is 24.3 Å². The van der Waals surface area contributed by atoms with Gasteiger partial charge in [-0.1, -0.05) is 63.8 Å². The average molecular weight is 236 g/mol. The molecule has 0 heterocycles. The van der Waals surface area contributed by atoms with E-state index in [0.717, 1.165) is 12.3 Å². The number of rotatable bonds is 8. The summed E-state index contributed by atoms with van der Waals surface area (Å²) in [5.41, 5.74) is 0. The molecule has 0 aliphatic heterocycles. The predicted molar refractivity (Wildman–Crippen MR) is 74.9 cm³/mol. The van der Waals surface area contributed by atoms with Crippen LogP contribution < -0.4 is 0 Å². The van der Waals surface area contributed by atoms with Crippen LogP contribution in [0.2, 0.25) is 0 Å². The molecule has 0 radical (unpaired) electrons. The Morgan fingerprint density at radius 2 is 1.88 bits per heavy atom. The highest BCUT2D eigenvalue weighted by atomic mass is 16.3. The molecule has 1 N–H and O–H groups in total. The van der Waals surface area contributed by atoms with Crippen molar-refractivity contribution in [3.63, 3.8) is 0 Å². The fourth-order valence-electron chi connectivity index (χ4n) is 2.41. The SMILES string of the molecule is CCCCC(C=CC1C=CCC1O)CCCC. The van der Waals surface area contributed by atoms with Gasteiger partial charge in [-0.05, 0) is 25.2 Å². The van der Waals surface area contributed by atoms with Crippen LogP contribution in [-0.4, -0.2) is 11.2 Å². The molecule has 0 spiro atoms. The van der Waals surface area contributed by atoms with E-state index < -0.39 is 0 Å². The van der Waals surface area contributed by atoms with E-state index in [1.807, 2.05) is 0 Å². The van der Waals surface area contributed by atoms with E-state index in [-0.39, 0.29) is 12.0 Å². The summed E-state index contributed by atoms with van der Waals surface area (Å²) in [5.74, 6) is 0.983. The molecule has 1 heteroatoms. The van der Waals surface area contributed by atoms with Crippen LogP contribution in [0, 0.1) is 11.8 Å². The van der Waals surface area contributed by atoms with E-state index in [1.54, 1.807) is 0 Å². The van der Waals surface area contributed by atoms with Crippen LogP contribution in [-0.2, 0) is 0 Å². The molecule has 0 amide bonds. The number of aliphatic hydroxyl groups is 1. The zero-order chi connectivity index (χ0) is 12.5. The monoisotopic (exact) mass is 236 g/mol. The third-order valence-corrected chi connectivity index (χ3v) is 3.64. The van der Waals surface area contributed by atoms with E-state index in [4.69, 9.17) is 0 Å². The van der Waals surface area contributed by atoms with Crippen LogP contribution in [0.3, 0.4) is 0 Å². The molecule has 1 aliphatic rings. The van der Waals surface area contributed by atoms with Gasteiger partial charge in [0.15, 0.2) is 0 Å². The van der Waals surface area contributed by atoms with E-state index in [1.165, 1.54) is 38.5 Å². The first-order valence-corrected chi connectivity index (χ1v) is 7.31. The first-order chi connectivity index (χ1) is 8.27. The first kappa shape index (κ1) is 14.5. The van der Waals surface area contributed by atoms with E-state index >= 15 is 0 Å². The molecular formula is C16H28O. The normalized spacial score (nSPS) is 24.2. The Kier molecular flexibility index (Phi) is 7.27. The van der Waals surface area contributed by atoms with Gasteiger partial charge in [-0.2, -0.15) is 0 Å². The molecule has 1 nitrogen and oxygen atoms in total. The zero-order valence-electron chi connectivity index (χ0n) is 11.4. The highest BCUT2D eigenvalue weighted by molar-refractivity contribution is 5.11. The summed E-state index contributed by atoms with van der Waals surface area (Å²) in [5, 5.41) is 9.74. The van der Waals surface area contributed by atoms with Gasteiger partial charge in [0.2, 0.25) is 0 Å². The van der Waals surface area contributed by atoms with Gasteiger partial charge >= 0.3 is 0 Å². The van der Waals surface area contributed by atoms with Crippen molar-refractivity contribution in [2.45, 2.75) is 64.9 Å². The molecule has 17 heavy (non-hydrogen) atoms. The second kappa shape index (κ2) is 8.52. The lowest BCUT2D eigenvalue weighted by atomic mass is 9.93. The van der Waals surface area contributed by atoms with Gasteiger partial charge in [0, 0.05) is 5.92 Å². The maximum absolute atomic E-state index is 9.74. The van der Waals surface area contributed by atoms with E-state index in [9.17, 15) is 5.11 Å². The Morgan fingerprint density at radius 1 is 1.24 bits per heavy atom. The summed E-state index contributed by atoms with van der Waals surface area (Å²) in [6.45, 7) is 4.51. The maximum Gasteiger partial charge on any atom is 0.0671 e.